The summed E-state index contributed by atoms with van der Waals surface area (Å²) in [6.07, 6.45) is 1.43. The molecule has 0 aromatic carbocycles. The highest BCUT2D eigenvalue weighted by atomic mass is 16.3. The van der Waals surface area contributed by atoms with Crippen LogP contribution in [-0.4, -0.2) is 10.1 Å². The third-order valence-electron chi connectivity index (χ3n) is 2.79. The Morgan fingerprint density at radius 1 is 1.25 bits per heavy atom. The Morgan fingerprint density at radius 3 is 2.38 bits per heavy atom. The molecule has 0 bridgehead atoms. The zero-order chi connectivity index (χ0) is 12.3. The van der Waals surface area contributed by atoms with E-state index in [4.69, 9.17) is 0 Å². The number of pyridine rings is 1. The molecule has 2 heteroatoms. The largest absolute Gasteiger partial charge is 0.388 e. The van der Waals surface area contributed by atoms with Crippen LogP contribution in [0.1, 0.15) is 56.7 Å². The van der Waals surface area contributed by atoms with Crippen LogP contribution in [0.25, 0.3) is 0 Å². The first-order valence-electron chi connectivity index (χ1n) is 5.92. The minimum absolute atomic E-state index is 0.271. The molecule has 2 nitrogen and oxygen atoms in total. The molecule has 1 heterocycles. The Kier molecular flexibility index (Phi) is 4.09. The maximum atomic E-state index is 10.1. The molecule has 0 fully saturated rings. The molecule has 1 N–H and O–H groups in total. The molecule has 0 aliphatic rings. The average molecular weight is 221 g/mol. The van der Waals surface area contributed by atoms with Crippen molar-refractivity contribution >= 4 is 0 Å². The molecule has 16 heavy (non-hydrogen) atoms. The summed E-state index contributed by atoms with van der Waals surface area (Å²) in [4.78, 5) is 4.38. The van der Waals surface area contributed by atoms with Gasteiger partial charge >= 0.3 is 0 Å². The van der Waals surface area contributed by atoms with Crippen molar-refractivity contribution in [2.24, 2.45) is 5.41 Å². The first-order valence-corrected chi connectivity index (χ1v) is 5.92. The van der Waals surface area contributed by atoms with E-state index in [0.29, 0.717) is 0 Å². The fourth-order valence-corrected chi connectivity index (χ4v) is 1.77. The van der Waals surface area contributed by atoms with E-state index >= 15 is 0 Å². The van der Waals surface area contributed by atoms with Crippen molar-refractivity contribution in [3.8, 4) is 0 Å². The summed E-state index contributed by atoms with van der Waals surface area (Å²) in [6.45, 7) is 10.5. The highest BCUT2D eigenvalue weighted by molar-refractivity contribution is 5.23. The van der Waals surface area contributed by atoms with E-state index < -0.39 is 0 Å². The van der Waals surface area contributed by atoms with Crippen LogP contribution in [0.3, 0.4) is 0 Å². The fraction of sp³-hybridized carbons (Fsp3) is 0.643. The molecule has 1 rings (SSSR count). The molecular weight excluding hydrogens is 198 g/mol. The predicted octanol–water partition coefficient (Wildman–Crippen LogP) is 3.56. The normalized spacial score (nSPS) is 13.9. The molecule has 90 valence electrons. The van der Waals surface area contributed by atoms with Crippen molar-refractivity contribution in [1.82, 2.24) is 4.98 Å². The highest BCUT2D eigenvalue weighted by Crippen LogP contribution is 2.28. The van der Waals surface area contributed by atoms with Crippen LogP contribution in [0.2, 0.25) is 0 Å². The number of hydrogen-bond donors (Lipinski definition) is 1. The van der Waals surface area contributed by atoms with Crippen LogP contribution >= 0.6 is 0 Å². The molecule has 0 amide bonds. The third-order valence-corrected chi connectivity index (χ3v) is 2.79. The topological polar surface area (TPSA) is 33.1 Å². The summed E-state index contributed by atoms with van der Waals surface area (Å²) in [5.74, 6) is 0. The van der Waals surface area contributed by atoms with Crippen molar-refractivity contribution in [2.75, 3.05) is 0 Å². The molecule has 0 aliphatic carbocycles. The second-order valence-electron chi connectivity index (χ2n) is 5.74. The van der Waals surface area contributed by atoms with Crippen molar-refractivity contribution in [1.29, 1.82) is 0 Å². The third kappa shape index (κ3) is 3.93. The molecular formula is C14H23NO. The van der Waals surface area contributed by atoms with E-state index in [-0.39, 0.29) is 11.5 Å². The molecule has 0 unspecified atom stereocenters. The quantitative estimate of drug-likeness (QED) is 0.846. The van der Waals surface area contributed by atoms with Crippen molar-refractivity contribution in [3.05, 3.63) is 29.1 Å². The van der Waals surface area contributed by atoms with Gasteiger partial charge < -0.3 is 5.11 Å². The van der Waals surface area contributed by atoms with Crippen molar-refractivity contribution in [2.45, 2.75) is 53.6 Å². The minimum atomic E-state index is -0.382. The smallest absolute Gasteiger partial charge is 0.0807 e. The van der Waals surface area contributed by atoms with Crippen LogP contribution in [-0.2, 0) is 0 Å². The lowest BCUT2D eigenvalue weighted by atomic mass is 9.88. The number of aromatic nitrogens is 1. The number of rotatable bonds is 3. The fourth-order valence-electron chi connectivity index (χ4n) is 1.77. The predicted molar refractivity (Wildman–Crippen MR) is 67.4 cm³/mol. The van der Waals surface area contributed by atoms with Gasteiger partial charge in [-0.1, -0.05) is 26.8 Å². The van der Waals surface area contributed by atoms with Crippen LogP contribution in [0.5, 0.6) is 0 Å². The van der Waals surface area contributed by atoms with Gasteiger partial charge in [-0.3, -0.25) is 4.98 Å². The van der Waals surface area contributed by atoms with Crippen LogP contribution in [0.15, 0.2) is 12.1 Å². The Balaban J connectivity index is 2.70. The van der Waals surface area contributed by atoms with Crippen LogP contribution in [0, 0.1) is 19.3 Å². The zero-order valence-electron chi connectivity index (χ0n) is 11.0. The standard InChI is InChI=1S/C14H23NO/c1-10-6-7-12(11(2)15-10)13(16)8-9-14(3,4)5/h6-7,13,16H,8-9H2,1-5H3/t13-/m0/s1. The molecule has 0 radical (unpaired) electrons. The van der Waals surface area contributed by atoms with E-state index in [0.717, 1.165) is 29.8 Å². The zero-order valence-corrected chi connectivity index (χ0v) is 11.0. The van der Waals surface area contributed by atoms with E-state index in [1.54, 1.807) is 0 Å². The maximum absolute atomic E-state index is 10.1. The summed E-state index contributed by atoms with van der Waals surface area (Å²) in [5, 5.41) is 10.1. The van der Waals surface area contributed by atoms with Gasteiger partial charge in [0.25, 0.3) is 0 Å². The number of hydrogen-bond acceptors (Lipinski definition) is 2. The van der Waals surface area contributed by atoms with Crippen LogP contribution < -0.4 is 0 Å². The maximum Gasteiger partial charge on any atom is 0.0807 e. The Bertz CT molecular complexity index is 352. The molecule has 0 aliphatic heterocycles. The highest BCUT2D eigenvalue weighted by Gasteiger charge is 2.16. The summed E-state index contributed by atoms with van der Waals surface area (Å²) in [6, 6.07) is 3.95. The van der Waals surface area contributed by atoms with E-state index in [2.05, 4.69) is 25.8 Å². The second-order valence-corrected chi connectivity index (χ2v) is 5.74. The Morgan fingerprint density at radius 2 is 1.88 bits per heavy atom. The number of aliphatic hydroxyl groups excluding tert-OH is 1. The molecule has 0 saturated heterocycles. The van der Waals surface area contributed by atoms with Gasteiger partial charge in [0, 0.05) is 17.0 Å². The number of nitrogens with zero attached hydrogens (tertiary/aromatic N) is 1. The van der Waals surface area contributed by atoms with Gasteiger partial charge in [0.15, 0.2) is 0 Å². The minimum Gasteiger partial charge on any atom is -0.388 e. The van der Waals surface area contributed by atoms with Gasteiger partial charge in [-0.2, -0.15) is 0 Å². The summed E-state index contributed by atoms with van der Waals surface area (Å²) in [5.41, 5.74) is 3.19. The van der Waals surface area contributed by atoms with Crippen molar-refractivity contribution in [3.63, 3.8) is 0 Å². The SMILES string of the molecule is Cc1ccc([C@@H](O)CCC(C)(C)C)c(C)n1. The van der Waals surface area contributed by atoms with Gasteiger partial charge in [-0.15, -0.1) is 0 Å². The van der Waals surface area contributed by atoms with Gasteiger partial charge in [-0.25, -0.2) is 0 Å². The number of aliphatic hydroxyl groups is 1. The molecule has 1 atom stereocenters. The number of aryl methyl sites for hydroxylation is 2. The van der Waals surface area contributed by atoms with E-state index in [1.807, 2.05) is 26.0 Å². The second kappa shape index (κ2) is 4.96. The van der Waals surface area contributed by atoms with Gasteiger partial charge in [-0.05, 0) is 38.2 Å². The molecule has 1 aromatic heterocycles. The van der Waals surface area contributed by atoms with Crippen molar-refractivity contribution < 1.29 is 5.11 Å². The summed E-state index contributed by atoms with van der Waals surface area (Å²) >= 11 is 0. The molecule has 0 spiro atoms. The van der Waals surface area contributed by atoms with Gasteiger partial charge in [0.05, 0.1) is 6.10 Å². The summed E-state index contributed by atoms with van der Waals surface area (Å²) in [7, 11) is 0. The van der Waals surface area contributed by atoms with E-state index in [1.165, 1.54) is 0 Å². The molecule has 0 saturated carbocycles. The lowest BCUT2D eigenvalue weighted by molar-refractivity contribution is 0.146. The molecule has 1 aromatic rings. The van der Waals surface area contributed by atoms with Crippen LogP contribution in [0.4, 0.5) is 0 Å². The summed E-state index contributed by atoms with van der Waals surface area (Å²) < 4.78 is 0. The first-order chi connectivity index (χ1) is 7.29. The van der Waals surface area contributed by atoms with Gasteiger partial charge in [0.2, 0.25) is 0 Å². The lowest BCUT2D eigenvalue weighted by Gasteiger charge is -2.21. The van der Waals surface area contributed by atoms with E-state index in [9.17, 15) is 5.11 Å². The monoisotopic (exact) mass is 221 g/mol. The first kappa shape index (κ1) is 13.2. The van der Waals surface area contributed by atoms with Gasteiger partial charge in [0.1, 0.15) is 0 Å². The Labute approximate surface area is 98.7 Å². The average Bonchev–Trinajstić information content (AvgIpc) is 2.13. The lowest BCUT2D eigenvalue weighted by Crippen LogP contribution is -2.09. The Hall–Kier alpha value is -0.890.